The zero-order chi connectivity index (χ0) is 12.7. The van der Waals surface area contributed by atoms with Gasteiger partial charge in [-0.25, -0.2) is 4.79 Å². The van der Waals surface area contributed by atoms with Crippen LogP contribution in [0.4, 0.5) is 0 Å². The highest BCUT2D eigenvalue weighted by molar-refractivity contribution is 5.89. The smallest absolute Gasteiger partial charge is 0.335 e. The Hall–Kier alpha value is -1.35. The van der Waals surface area contributed by atoms with E-state index in [-0.39, 0.29) is 0 Å². The molecule has 3 heteroatoms. The van der Waals surface area contributed by atoms with E-state index in [0.717, 1.165) is 24.9 Å². The van der Waals surface area contributed by atoms with Crippen LogP contribution in [0.5, 0.6) is 0 Å². The Kier molecular flexibility index (Phi) is 5.70. The van der Waals surface area contributed by atoms with Crippen LogP contribution in [0.2, 0.25) is 0 Å². The number of rotatable bonds is 7. The molecule has 0 radical (unpaired) electrons. The van der Waals surface area contributed by atoms with Crippen molar-refractivity contribution in [3.05, 3.63) is 35.4 Å². The molecule has 0 amide bonds. The Morgan fingerprint density at radius 1 is 1.41 bits per heavy atom. The second kappa shape index (κ2) is 7.07. The highest BCUT2D eigenvalue weighted by Crippen LogP contribution is 2.09. The topological polar surface area (TPSA) is 49.3 Å². The molecule has 0 saturated carbocycles. The average Bonchev–Trinajstić information content (AvgIpc) is 2.30. The van der Waals surface area contributed by atoms with E-state index < -0.39 is 5.97 Å². The van der Waals surface area contributed by atoms with Gasteiger partial charge in [0, 0.05) is 6.04 Å². The number of hydrogen-bond donors (Lipinski definition) is 2. The van der Waals surface area contributed by atoms with Crippen molar-refractivity contribution in [2.24, 2.45) is 0 Å². The van der Waals surface area contributed by atoms with Gasteiger partial charge < -0.3 is 10.4 Å². The highest BCUT2D eigenvalue weighted by Gasteiger charge is 2.08. The molecule has 0 aliphatic rings. The molecular formula is C14H21NO2. The van der Waals surface area contributed by atoms with Crippen LogP contribution < -0.4 is 5.32 Å². The number of aromatic carboxylic acids is 1. The second-order valence-electron chi connectivity index (χ2n) is 4.36. The molecule has 0 aliphatic carbocycles. The van der Waals surface area contributed by atoms with Gasteiger partial charge in [0.15, 0.2) is 0 Å². The molecule has 3 nitrogen and oxygen atoms in total. The first kappa shape index (κ1) is 13.7. The quantitative estimate of drug-likeness (QED) is 0.764. The third-order valence-corrected chi connectivity index (χ3v) is 2.86. The number of benzene rings is 1. The van der Waals surface area contributed by atoms with Crippen molar-refractivity contribution in [2.75, 3.05) is 6.54 Å². The minimum absolute atomic E-state index is 0.414. The van der Waals surface area contributed by atoms with Crippen molar-refractivity contribution in [3.8, 4) is 0 Å². The fraction of sp³-hybridized carbons (Fsp3) is 0.500. The van der Waals surface area contributed by atoms with Crippen LogP contribution in [0.3, 0.4) is 0 Å². The summed E-state index contributed by atoms with van der Waals surface area (Å²) in [5, 5.41) is 12.4. The number of carbonyl (C=O) groups is 1. The maximum absolute atomic E-state index is 11.0. The molecule has 17 heavy (non-hydrogen) atoms. The summed E-state index contributed by atoms with van der Waals surface area (Å²) in [5.74, 6) is -0.845. The van der Waals surface area contributed by atoms with Crippen molar-refractivity contribution >= 4 is 5.97 Å². The fourth-order valence-electron chi connectivity index (χ4n) is 1.94. The average molecular weight is 235 g/mol. The molecule has 94 valence electrons. The van der Waals surface area contributed by atoms with E-state index in [0.29, 0.717) is 11.6 Å². The molecule has 0 saturated heterocycles. The van der Waals surface area contributed by atoms with Crippen molar-refractivity contribution in [1.82, 2.24) is 5.32 Å². The zero-order valence-electron chi connectivity index (χ0n) is 10.6. The minimum atomic E-state index is -0.845. The SMILES string of the molecule is CCCC(C)NCCc1ccccc1C(=O)O. The van der Waals surface area contributed by atoms with Crippen molar-refractivity contribution < 1.29 is 9.90 Å². The van der Waals surface area contributed by atoms with Crippen molar-refractivity contribution in [3.63, 3.8) is 0 Å². The number of carboxylic acid groups (broad SMARTS) is 1. The molecule has 0 fully saturated rings. The maximum atomic E-state index is 11.0. The summed E-state index contributed by atoms with van der Waals surface area (Å²) in [5.41, 5.74) is 1.31. The Labute approximate surface area is 103 Å². The van der Waals surface area contributed by atoms with E-state index in [2.05, 4.69) is 19.2 Å². The summed E-state index contributed by atoms with van der Waals surface area (Å²) in [4.78, 5) is 11.0. The number of nitrogens with one attached hydrogen (secondary N) is 1. The molecule has 0 heterocycles. The summed E-state index contributed by atoms with van der Waals surface area (Å²) in [6.45, 7) is 5.15. The van der Waals surface area contributed by atoms with Crippen molar-refractivity contribution in [1.29, 1.82) is 0 Å². The molecule has 0 spiro atoms. The fourth-order valence-corrected chi connectivity index (χ4v) is 1.94. The molecule has 0 aliphatic heterocycles. The Morgan fingerprint density at radius 2 is 2.12 bits per heavy atom. The first-order valence-corrected chi connectivity index (χ1v) is 6.19. The lowest BCUT2D eigenvalue weighted by atomic mass is 10.0. The van der Waals surface area contributed by atoms with Gasteiger partial charge in [0.25, 0.3) is 0 Å². The van der Waals surface area contributed by atoms with Crippen LogP contribution in [0.15, 0.2) is 24.3 Å². The van der Waals surface area contributed by atoms with Gasteiger partial charge in [0.05, 0.1) is 5.56 Å². The standard InChI is InChI=1S/C14H21NO2/c1-3-6-11(2)15-10-9-12-7-4-5-8-13(12)14(16)17/h4-5,7-8,11,15H,3,6,9-10H2,1-2H3,(H,16,17). The van der Waals surface area contributed by atoms with E-state index in [1.807, 2.05) is 12.1 Å². The first-order valence-electron chi connectivity index (χ1n) is 6.19. The van der Waals surface area contributed by atoms with Crippen LogP contribution >= 0.6 is 0 Å². The monoisotopic (exact) mass is 235 g/mol. The largest absolute Gasteiger partial charge is 0.478 e. The second-order valence-corrected chi connectivity index (χ2v) is 4.36. The van der Waals surface area contributed by atoms with Crippen LogP contribution in [0.25, 0.3) is 0 Å². The predicted molar refractivity (Wildman–Crippen MR) is 69.5 cm³/mol. The van der Waals surface area contributed by atoms with Crippen LogP contribution in [-0.2, 0) is 6.42 Å². The number of carboxylic acids is 1. The summed E-state index contributed by atoms with van der Waals surface area (Å²) in [7, 11) is 0. The predicted octanol–water partition coefficient (Wildman–Crippen LogP) is 2.71. The Bertz CT molecular complexity index is 363. The molecule has 0 aromatic heterocycles. The van der Waals surface area contributed by atoms with E-state index in [1.54, 1.807) is 12.1 Å². The molecular weight excluding hydrogens is 214 g/mol. The van der Waals surface area contributed by atoms with Gasteiger partial charge in [-0.05, 0) is 37.9 Å². The van der Waals surface area contributed by atoms with Crippen LogP contribution in [0, 0.1) is 0 Å². The van der Waals surface area contributed by atoms with E-state index in [9.17, 15) is 4.79 Å². The first-order chi connectivity index (χ1) is 8.15. The Morgan fingerprint density at radius 3 is 2.76 bits per heavy atom. The summed E-state index contributed by atoms with van der Waals surface area (Å²) >= 11 is 0. The van der Waals surface area contributed by atoms with Crippen molar-refractivity contribution in [2.45, 2.75) is 39.2 Å². The van der Waals surface area contributed by atoms with Crippen LogP contribution in [-0.4, -0.2) is 23.7 Å². The molecule has 1 atom stereocenters. The summed E-state index contributed by atoms with van der Waals surface area (Å²) in [6, 6.07) is 7.69. The van der Waals surface area contributed by atoms with Gasteiger partial charge >= 0.3 is 5.97 Å². The summed E-state index contributed by atoms with van der Waals surface area (Å²) in [6.07, 6.45) is 3.08. The summed E-state index contributed by atoms with van der Waals surface area (Å²) < 4.78 is 0. The van der Waals surface area contributed by atoms with Gasteiger partial charge in [-0.3, -0.25) is 0 Å². The van der Waals surface area contributed by atoms with Gasteiger partial charge in [-0.15, -0.1) is 0 Å². The van der Waals surface area contributed by atoms with Gasteiger partial charge in [0.1, 0.15) is 0 Å². The van der Waals surface area contributed by atoms with Gasteiger partial charge in [-0.2, -0.15) is 0 Å². The van der Waals surface area contributed by atoms with E-state index >= 15 is 0 Å². The van der Waals surface area contributed by atoms with E-state index in [1.165, 1.54) is 6.42 Å². The third-order valence-electron chi connectivity index (χ3n) is 2.86. The van der Waals surface area contributed by atoms with Gasteiger partial charge in [-0.1, -0.05) is 31.5 Å². The lowest BCUT2D eigenvalue weighted by molar-refractivity contribution is 0.0695. The third kappa shape index (κ3) is 4.57. The maximum Gasteiger partial charge on any atom is 0.335 e. The number of hydrogen-bond acceptors (Lipinski definition) is 2. The normalized spacial score (nSPS) is 12.4. The lowest BCUT2D eigenvalue weighted by Crippen LogP contribution is -2.28. The highest BCUT2D eigenvalue weighted by atomic mass is 16.4. The molecule has 0 bridgehead atoms. The Balaban J connectivity index is 2.49. The molecule has 1 aromatic rings. The minimum Gasteiger partial charge on any atom is -0.478 e. The molecule has 1 rings (SSSR count). The zero-order valence-corrected chi connectivity index (χ0v) is 10.6. The lowest BCUT2D eigenvalue weighted by Gasteiger charge is -2.13. The van der Waals surface area contributed by atoms with Crippen LogP contribution in [0.1, 0.15) is 42.6 Å². The molecule has 1 unspecified atom stereocenters. The van der Waals surface area contributed by atoms with Gasteiger partial charge in [0.2, 0.25) is 0 Å². The molecule has 1 aromatic carbocycles. The van der Waals surface area contributed by atoms with E-state index in [4.69, 9.17) is 5.11 Å². The molecule has 2 N–H and O–H groups in total.